The summed E-state index contributed by atoms with van der Waals surface area (Å²) in [6.45, 7) is 1.40. The summed E-state index contributed by atoms with van der Waals surface area (Å²) in [5.74, 6) is 0.317. The molecule has 0 spiro atoms. The average molecular weight is 340 g/mol. The highest BCUT2D eigenvalue weighted by atomic mass is 16.5. The van der Waals surface area contributed by atoms with E-state index in [0.717, 1.165) is 21.9 Å². The van der Waals surface area contributed by atoms with Gasteiger partial charge in [-0.25, -0.2) is 0 Å². The van der Waals surface area contributed by atoms with Crippen LogP contribution in [-0.2, 0) is 4.79 Å². The van der Waals surface area contributed by atoms with Crippen LogP contribution in [0, 0.1) is 11.3 Å². The number of nitrogens with zero attached hydrogens (tertiary/aromatic N) is 1. The summed E-state index contributed by atoms with van der Waals surface area (Å²) < 4.78 is 6.04. The number of nitriles is 1. The summed E-state index contributed by atoms with van der Waals surface area (Å²) in [6.07, 6.45) is 0. The zero-order chi connectivity index (χ0) is 18.1. The van der Waals surface area contributed by atoms with Crippen molar-refractivity contribution in [3.05, 3.63) is 89.3 Å². The molecule has 0 saturated carbocycles. The molecule has 1 amide bonds. The normalized spacial score (nSPS) is 15.8. The van der Waals surface area contributed by atoms with E-state index in [0.29, 0.717) is 11.3 Å². The molecule has 26 heavy (non-hydrogen) atoms. The molecule has 1 aliphatic heterocycles. The van der Waals surface area contributed by atoms with E-state index >= 15 is 0 Å². The van der Waals surface area contributed by atoms with Crippen molar-refractivity contribution in [2.75, 3.05) is 0 Å². The predicted octanol–water partition coefficient (Wildman–Crippen LogP) is 4.24. The zero-order valence-corrected chi connectivity index (χ0v) is 14.2. The topological polar surface area (TPSA) is 62.1 Å². The number of carbonyl (C=O) groups is 1. The predicted molar refractivity (Wildman–Crippen MR) is 99.3 cm³/mol. The number of amides is 1. The van der Waals surface area contributed by atoms with E-state index in [2.05, 4.69) is 11.4 Å². The van der Waals surface area contributed by atoms with Crippen molar-refractivity contribution in [3.8, 4) is 11.8 Å². The Bertz CT molecular complexity index is 1080. The van der Waals surface area contributed by atoms with Gasteiger partial charge in [0, 0.05) is 17.9 Å². The third-order valence-corrected chi connectivity index (χ3v) is 4.50. The maximum absolute atomic E-state index is 11.7. The van der Waals surface area contributed by atoms with Gasteiger partial charge >= 0.3 is 0 Å². The number of ether oxygens (including phenoxy) is 1. The second-order valence-electron chi connectivity index (χ2n) is 6.19. The maximum Gasteiger partial charge on any atom is 0.223 e. The highest BCUT2D eigenvalue weighted by Crippen LogP contribution is 2.45. The molecule has 3 aromatic rings. The van der Waals surface area contributed by atoms with Gasteiger partial charge < -0.3 is 4.74 Å². The van der Waals surface area contributed by atoms with Gasteiger partial charge in [0.25, 0.3) is 0 Å². The minimum Gasteiger partial charge on any atom is -0.439 e. The van der Waals surface area contributed by atoms with Crippen LogP contribution in [0.2, 0.25) is 0 Å². The third-order valence-electron chi connectivity index (χ3n) is 4.50. The summed E-state index contributed by atoms with van der Waals surface area (Å²) in [6, 6.07) is 24.0. The van der Waals surface area contributed by atoms with Crippen LogP contribution in [0.5, 0.6) is 5.75 Å². The van der Waals surface area contributed by atoms with Gasteiger partial charge in [-0.15, -0.1) is 0 Å². The molecule has 3 aromatic carbocycles. The molecule has 0 aliphatic carbocycles. The van der Waals surface area contributed by atoms with Crippen molar-refractivity contribution >= 4 is 16.7 Å². The lowest BCUT2D eigenvalue weighted by molar-refractivity contribution is -0.118. The van der Waals surface area contributed by atoms with Crippen molar-refractivity contribution in [1.29, 1.82) is 5.26 Å². The van der Waals surface area contributed by atoms with Gasteiger partial charge in [-0.05, 0) is 10.9 Å². The summed E-state index contributed by atoms with van der Waals surface area (Å²) in [5.41, 5.74) is 2.29. The van der Waals surface area contributed by atoms with Crippen molar-refractivity contribution in [1.82, 2.24) is 5.32 Å². The molecule has 1 unspecified atom stereocenters. The molecule has 4 heteroatoms. The van der Waals surface area contributed by atoms with E-state index in [1.807, 2.05) is 66.7 Å². The number of fused-ring (bicyclic) bond motifs is 3. The van der Waals surface area contributed by atoms with Gasteiger partial charge in [-0.2, -0.15) is 5.26 Å². The first kappa shape index (κ1) is 15.9. The monoisotopic (exact) mass is 340 g/mol. The fraction of sp³-hybridized carbons (Fsp3) is 0.0909. The summed E-state index contributed by atoms with van der Waals surface area (Å²) in [5, 5.41) is 14.5. The molecular formula is C22H16N2O2. The Balaban J connectivity index is 2.01. The molecule has 4 nitrogen and oxygen atoms in total. The van der Waals surface area contributed by atoms with Crippen LogP contribution in [0.4, 0.5) is 0 Å². The smallest absolute Gasteiger partial charge is 0.223 e. The molecular weight excluding hydrogens is 324 g/mol. The molecule has 0 fully saturated rings. The Morgan fingerprint density at radius 3 is 2.50 bits per heavy atom. The Kier molecular flexibility index (Phi) is 3.91. The Hall–Kier alpha value is -3.58. The number of benzene rings is 3. The fourth-order valence-electron chi connectivity index (χ4n) is 3.40. The third kappa shape index (κ3) is 2.60. The van der Waals surface area contributed by atoms with Gasteiger partial charge in [0.05, 0.1) is 5.92 Å². The largest absolute Gasteiger partial charge is 0.439 e. The van der Waals surface area contributed by atoms with Gasteiger partial charge in [0.1, 0.15) is 17.4 Å². The summed E-state index contributed by atoms with van der Waals surface area (Å²) in [7, 11) is 0. The van der Waals surface area contributed by atoms with Crippen LogP contribution in [-0.4, -0.2) is 5.91 Å². The first-order valence-corrected chi connectivity index (χ1v) is 8.35. The van der Waals surface area contributed by atoms with Crippen LogP contribution in [0.25, 0.3) is 10.8 Å². The number of rotatable bonds is 2. The minimum absolute atomic E-state index is 0.206. The van der Waals surface area contributed by atoms with E-state index in [4.69, 9.17) is 4.74 Å². The SMILES string of the molecule is CC(=O)NC1=C(C#N)C(c2ccccc2)c2ccc3ccccc3c2O1. The Labute approximate surface area is 151 Å². The Morgan fingerprint density at radius 2 is 1.77 bits per heavy atom. The lowest BCUT2D eigenvalue weighted by Gasteiger charge is -2.29. The van der Waals surface area contributed by atoms with E-state index in [1.165, 1.54) is 6.92 Å². The van der Waals surface area contributed by atoms with Crippen molar-refractivity contribution in [3.63, 3.8) is 0 Å². The number of hydrogen-bond donors (Lipinski definition) is 1. The lowest BCUT2D eigenvalue weighted by atomic mass is 9.82. The molecule has 0 bridgehead atoms. The van der Waals surface area contributed by atoms with Crippen molar-refractivity contribution in [2.24, 2.45) is 0 Å². The number of allylic oxidation sites excluding steroid dienone is 1. The standard InChI is InChI=1S/C22H16N2O2/c1-14(25)24-22-19(13-23)20(16-8-3-2-4-9-16)18-12-11-15-7-5-6-10-17(15)21(18)26-22/h2-12,20H,1H3,(H,24,25). The second-order valence-corrected chi connectivity index (χ2v) is 6.19. The van der Waals surface area contributed by atoms with Crippen molar-refractivity contribution < 1.29 is 9.53 Å². The van der Waals surface area contributed by atoms with Gasteiger partial charge in [-0.1, -0.05) is 66.7 Å². The van der Waals surface area contributed by atoms with Crippen LogP contribution in [0.1, 0.15) is 24.0 Å². The Morgan fingerprint density at radius 1 is 1.04 bits per heavy atom. The van der Waals surface area contributed by atoms with E-state index < -0.39 is 0 Å². The molecule has 1 N–H and O–H groups in total. The number of carbonyl (C=O) groups excluding carboxylic acids is 1. The van der Waals surface area contributed by atoms with E-state index in [-0.39, 0.29) is 17.7 Å². The molecule has 1 atom stereocenters. The average Bonchev–Trinajstić information content (AvgIpc) is 2.67. The van der Waals surface area contributed by atoms with E-state index in [9.17, 15) is 10.1 Å². The van der Waals surface area contributed by atoms with Crippen LogP contribution < -0.4 is 10.1 Å². The molecule has 0 radical (unpaired) electrons. The molecule has 1 aliphatic rings. The molecule has 126 valence electrons. The number of nitrogens with one attached hydrogen (secondary N) is 1. The molecule has 0 aromatic heterocycles. The van der Waals surface area contributed by atoms with E-state index in [1.54, 1.807) is 0 Å². The highest BCUT2D eigenvalue weighted by molar-refractivity contribution is 5.91. The fourth-order valence-corrected chi connectivity index (χ4v) is 3.40. The summed E-state index contributed by atoms with van der Waals surface area (Å²) >= 11 is 0. The lowest BCUT2D eigenvalue weighted by Crippen LogP contribution is -2.29. The first-order chi connectivity index (χ1) is 12.7. The van der Waals surface area contributed by atoms with Crippen molar-refractivity contribution in [2.45, 2.75) is 12.8 Å². The molecule has 0 saturated heterocycles. The quantitative estimate of drug-likeness (QED) is 0.759. The minimum atomic E-state index is -0.295. The highest BCUT2D eigenvalue weighted by Gasteiger charge is 2.32. The summed E-state index contributed by atoms with van der Waals surface area (Å²) in [4.78, 5) is 11.7. The van der Waals surface area contributed by atoms with Crippen LogP contribution in [0.3, 0.4) is 0 Å². The first-order valence-electron chi connectivity index (χ1n) is 8.35. The second kappa shape index (κ2) is 6.38. The van der Waals surface area contributed by atoms with Gasteiger partial charge in [0.15, 0.2) is 0 Å². The maximum atomic E-state index is 11.7. The zero-order valence-electron chi connectivity index (χ0n) is 14.2. The van der Waals surface area contributed by atoms with Crippen LogP contribution >= 0.6 is 0 Å². The molecule has 1 heterocycles. The van der Waals surface area contributed by atoms with Gasteiger partial charge in [0.2, 0.25) is 11.8 Å². The van der Waals surface area contributed by atoms with Crippen LogP contribution in [0.15, 0.2) is 78.2 Å². The molecule has 4 rings (SSSR count). The number of hydrogen-bond acceptors (Lipinski definition) is 3. The van der Waals surface area contributed by atoms with Gasteiger partial charge in [-0.3, -0.25) is 10.1 Å².